The third-order valence-corrected chi connectivity index (χ3v) is 6.54. The molecule has 0 saturated heterocycles. The van der Waals surface area contributed by atoms with E-state index in [-0.39, 0.29) is 21.4 Å². The van der Waals surface area contributed by atoms with E-state index in [1.807, 2.05) is 19.1 Å². The number of amides is 1. The number of carbonyl (C=O) groups is 1. The number of fused-ring (bicyclic) bond motifs is 1. The normalized spacial score (nSPS) is 24.9. The van der Waals surface area contributed by atoms with Crippen molar-refractivity contribution in [2.45, 2.75) is 57.2 Å². The fourth-order valence-electron chi connectivity index (χ4n) is 4.04. The second-order valence-corrected chi connectivity index (χ2v) is 8.88. The maximum atomic E-state index is 13.4. The lowest BCUT2D eigenvalue weighted by molar-refractivity contribution is -0.112. The number of alkyl halides is 2. The minimum absolute atomic E-state index is 0.0553. The summed E-state index contributed by atoms with van der Waals surface area (Å²) in [6.45, 7) is 8.36. The highest BCUT2D eigenvalue weighted by molar-refractivity contribution is 8.04. The third kappa shape index (κ3) is 3.05. The lowest BCUT2D eigenvalue weighted by Crippen LogP contribution is -2.25. The number of nitrogens with zero attached hydrogens (tertiary/aromatic N) is 1. The van der Waals surface area contributed by atoms with Crippen molar-refractivity contribution in [3.63, 3.8) is 0 Å². The van der Waals surface area contributed by atoms with Crippen molar-refractivity contribution in [1.82, 2.24) is 4.90 Å². The molecule has 0 radical (unpaired) electrons. The molecule has 0 saturated carbocycles. The minimum Gasteiger partial charge on any atom is -0.360 e. The molecule has 25 heavy (non-hydrogen) atoms. The molecule has 1 heterocycles. The fraction of sp³-hybridized carbons (Fsp3) is 0.526. The molecule has 0 bridgehead atoms. The van der Waals surface area contributed by atoms with Gasteiger partial charge in [0.15, 0.2) is 0 Å². The summed E-state index contributed by atoms with van der Waals surface area (Å²) in [6.07, 6.45) is -1.66. The quantitative estimate of drug-likeness (QED) is 0.825. The average Bonchev–Trinajstić information content (AvgIpc) is 2.94. The zero-order valence-electron chi connectivity index (χ0n) is 15.2. The van der Waals surface area contributed by atoms with Gasteiger partial charge in [0.1, 0.15) is 5.70 Å². The van der Waals surface area contributed by atoms with Crippen molar-refractivity contribution in [1.29, 1.82) is 0 Å². The largest absolute Gasteiger partial charge is 0.360 e. The first kappa shape index (κ1) is 18.2. The van der Waals surface area contributed by atoms with Crippen LogP contribution in [0.1, 0.15) is 51.2 Å². The van der Waals surface area contributed by atoms with Gasteiger partial charge in [0.05, 0.1) is 10.3 Å². The predicted octanol–water partition coefficient (Wildman–Crippen LogP) is 4.91. The van der Waals surface area contributed by atoms with Gasteiger partial charge in [0.2, 0.25) is 0 Å². The van der Waals surface area contributed by atoms with E-state index in [0.717, 1.165) is 17.7 Å². The van der Waals surface area contributed by atoms with Gasteiger partial charge in [-0.2, -0.15) is 0 Å². The number of carbonyl (C=O) groups excluding carboxylic acids is 1. The maximum Gasteiger partial charge on any atom is 0.279 e. The van der Waals surface area contributed by atoms with Gasteiger partial charge in [0, 0.05) is 12.7 Å². The monoisotopic (exact) mass is 366 g/mol. The molecule has 0 aromatic heterocycles. The molecule has 0 spiro atoms. The molecular weight excluding hydrogens is 342 g/mol. The van der Waals surface area contributed by atoms with Gasteiger partial charge in [-0.3, -0.25) is 4.79 Å². The first-order valence-corrected chi connectivity index (χ1v) is 9.38. The molecule has 2 atom stereocenters. The van der Waals surface area contributed by atoms with Crippen molar-refractivity contribution in [2.75, 3.05) is 12.4 Å². The van der Waals surface area contributed by atoms with Gasteiger partial charge in [-0.05, 0) is 41.9 Å². The summed E-state index contributed by atoms with van der Waals surface area (Å²) in [5, 5.41) is 2.72. The molecule has 1 aromatic carbocycles. The summed E-state index contributed by atoms with van der Waals surface area (Å²) in [5.74, 6) is -0.121. The van der Waals surface area contributed by atoms with Crippen LogP contribution in [-0.2, 0) is 10.2 Å². The molecule has 6 heteroatoms. The Balaban J connectivity index is 1.94. The van der Waals surface area contributed by atoms with E-state index in [2.05, 4.69) is 32.2 Å². The molecule has 3 rings (SSSR count). The second kappa shape index (κ2) is 6.31. The number of rotatable bonds is 3. The Labute approximate surface area is 151 Å². The van der Waals surface area contributed by atoms with Gasteiger partial charge < -0.3 is 10.2 Å². The van der Waals surface area contributed by atoms with E-state index in [0.29, 0.717) is 5.92 Å². The van der Waals surface area contributed by atoms with E-state index in [9.17, 15) is 13.6 Å². The Morgan fingerprint density at radius 2 is 2.04 bits per heavy atom. The van der Waals surface area contributed by atoms with Crippen LogP contribution in [0.25, 0.3) is 0 Å². The Kier molecular flexibility index (Phi) is 4.60. The minimum atomic E-state index is -2.66. The highest BCUT2D eigenvalue weighted by Gasteiger charge is 2.38. The summed E-state index contributed by atoms with van der Waals surface area (Å²) in [6, 6.07) is 5.88. The molecule has 1 amide bonds. The van der Waals surface area contributed by atoms with E-state index < -0.39 is 12.3 Å². The van der Waals surface area contributed by atoms with Gasteiger partial charge in [0.25, 0.3) is 12.3 Å². The summed E-state index contributed by atoms with van der Waals surface area (Å²) in [5.41, 5.74) is 2.97. The molecule has 0 fully saturated rings. The number of anilines is 1. The first-order valence-electron chi connectivity index (χ1n) is 8.50. The van der Waals surface area contributed by atoms with Crippen molar-refractivity contribution in [3.8, 4) is 0 Å². The highest BCUT2D eigenvalue weighted by atomic mass is 32.2. The molecule has 1 aliphatic heterocycles. The SMILES string of the molecule is CC1CC(C)(C)c2cccc(NC(=O)C3=C(C(F)F)N(C)C(C)S3)c21. The number of nitrogens with one attached hydrogen (secondary N) is 1. The Morgan fingerprint density at radius 1 is 1.36 bits per heavy atom. The van der Waals surface area contributed by atoms with E-state index in [1.165, 1.54) is 22.2 Å². The van der Waals surface area contributed by atoms with E-state index in [1.54, 1.807) is 7.05 Å². The zero-order chi connectivity index (χ0) is 18.5. The average molecular weight is 366 g/mol. The third-order valence-electron chi connectivity index (χ3n) is 5.25. The molecule has 1 aliphatic carbocycles. The molecule has 3 nitrogen and oxygen atoms in total. The number of halogens is 2. The molecule has 1 N–H and O–H groups in total. The van der Waals surface area contributed by atoms with Crippen molar-refractivity contribution < 1.29 is 13.6 Å². The highest BCUT2D eigenvalue weighted by Crippen LogP contribution is 2.48. The van der Waals surface area contributed by atoms with Crippen LogP contribution in [-0.4, -0.2) is 29.7 Å². The van der Waals surface area contributed by atoms with Crippen LogP contribution < -0.4 is 5.32 Å². The molecular formula is C19H24F2N2OS. The number of hydrogen-bond donors (Lipinski definition) is 1. The van der Waals surface area contributed by atoms with Crippen molar-refractivity contribution in [2.24, 2.45) is 0 Å². The Bertz CT molecular complexity index is 745. The van der Waals surface area contributed by atoms with Crippen LogP contribution in [0.2, 0.25) is 0 Å². The van der Waals surface area contributed by atoms with Crippen LogP contribution >= 0.6 is 11.8 Å². The van der Waals surface area contributed by atoms with Crippen LogP contribution in [0.15, 0.2) is 28.8 Å². The standard InChI is InChI=1S/C19H24F2N2OS/c1-10-9-19(3,4)12-7-6-8-13(14(10)12)22-18(24)16-15(17(20)21)23(5)11(2)25-16/h6-8,10-11,17H,9H2,1-5H3,(H,22,24). The summed E-state index contributed by atoms with van der Waals surface area (Å²) >= 11 is 1.18. The Morgan fingerprint density at radius 3 is 2.68 bits per heavy atom. The van der Waals surface area contributed by atoms with Gasteiger partial charge in [-0.1, -0.05) is 44.7 Å². The van der Waals surface area contributed by atoms with Crippen LogP contribution in [0.4, 0.5) is 14.5 Å². The lowest BCUT2D eigenvalue weighted by Gasteiger charge is -2.20. The fourth-order valence-corrected chi connectivity index (χ4v) is 5.17. The van der Waals surface area contributed by atoms with Crippen molar-refractivity contribution >= 4 is 23.4 Å². The smallest absolute Gasteiger partial charge is 0.279 e. The maximum absolute atomic E-state index is 13.4. The molecule has 2 aliphatic rings. The summed E-state index contributed by atoms with van der Waals surface area (Å²) in [4.78, 5) is 14.3. The second-order valence-electron chi connectivity index (χ2n) is 7.55. The van der Waals surface area contributed by atoms with Gasteiger partial charge in [-0.15, -0.1) is 0 Å². The lowest BCUT2D eigenvalue weighted by atomic mass is 9.86. The topological polar surface area (TPSA) is 32.3 Å². The number of thioether (sulfide) groups is 1. The van der Waals surface area contributed by atoms with Gasteiger partial charge in [-0.25, -0.2) is 8.78 Å². The summed E-state index contributed by atoms with van der Waals surface area (Å²) < 4.78 is 26.8. The van der Waals surface area contributed by atoms with Crippen LogP contribution in [0.5, 0.6) is 0 Å². The Hall–Kier alpha value is -1.56. The molecule has 136 valence electrons. The number of benzene rings is 1. The zero-order valence-corrected chi connectivity index (χ0v) is 16.0. The van der Waals surface area contributed by atoms with Gasteiger partial charge >= 0.3 is 0 Å². The number of allylic oxidation sites excluding steroid dienone is 1. The van der Waals surface area contributed by atoms with Crippen LogP contribution in [0, 0.1) is 0 Å². The summed E-state index contributed by atoms with van der Waals surface area (Å²) in [7, 11) is 1.60. The first-order chi connectivity index (χ1) is 11.6. The van der Waals surface area contributed by atoms with Crippen LogP contribution in [0.3, 0.4) is 0 Å². The van der Waals surface area contributed by atoms with Crippen molar-refractivity contribution in [3.05, 3.63) is 39.9 Å². The molecule has 1 aromatic rings. The predicted molar refractivity (Wildman–Crippen MR) is 99.0 cm³/mol. The van der Waals surface area contributed by atoms with E-state index >= 15 is 0 Å². The molecule has 2 unspecified atom stereocenters. The van der Waals surface area contributed by atoms with E-state index in [4.69, 9.17) is 0 Å². The number of hydrogen-bond acceptors (Lipinski definition) is 3.